The number of hydrogen-bond acceptors (Lipinski definition) is 3. The second-order valence-corrected chi connectivity index (χ2v) is 4.24. The summed E-state index contributed by atoms with van der Waals surface area (Å²) in [5, 5.41) is 0. The van der Waals surface area contributed by atoms with Gasteiger partial charge in [-0.1, -0.05) is 19.3 Å². The number of ether oxygens (including phenoxy) is 3. The molecular formula is C13H26O3. The van der Waals surface area contributed by atoms with Crippen LogP contribution in [0.1, 0.15) is 52.9 Å². The molecule has 0 unspecified atom stereocenters. The Kier molecular flexibility index (Phi) is 6.32. The summed E-state index contributed by atoms with van der Waals surface area (Å²) >= 11 is 0. The first-order valence-corrected chi connectivity index (χ1v) is 6.70. The van der Waals surface area contributed by atoms with Crippen LogP contribution < -0.4 is 0 Å². The number of rotatable bonds is 7. The fourth-order valence-corrected chi connectivity index (χ4v) is 2.54. The SMILES string of the molecule is CCOC(OCC)(OCC)C1CCCCC1. The maximum absolute atomic E-state index is 5.81. The van der Waals surface area contributed by atoms with Crippen LogP contribution in [-0.4, -0.2) is 25.8 Å². The van der Waals surface area contributed by atoms with E-state index in [0.717, 1.165) is 12.8 Å². The topological polar surface area (TPSA) is 27.7 Å². The zero-order valence-corrected chi connectivity index (χ0v) is 11.0. The second-order valence-electron chi connectivity index (χ2n) is 4.24. The third-order valence-corrected chi connectivity index (χ3v) is 3.14. The molecule has 0 aliphatic heterocycles. The summed E-state index contributed by atoms with van der Waals surface area (Å²) in [7, 11) is 0. The molecular weight excluding hydrogens is 204 g/mol. The predicted octanol–water partition coefficient (Wildman–Crippen LogP) is 3.33. The van der Waals surface area contributed by atoms with Gasteiger partial charge >= 0.3 is 0 Å². The van der Waals surface area contributed by atoms with E-state index in [1.54, 1.807) is 0 Å². The van der Waals surface area contributed by atoms with Crippen molar-refractivity contribution in [1.29, 1.82) is 0 Å². The van der Waals surface area contributed by atoms with Gasteiger partial charge in [0.2, 0.25) is 0 Å². The fourth-order valence-electron chi connectivity index (χ4n) is 2.54. The Balaban J connectivity index is 2.70. The minimum Gasteiger partial charge on any atom is -0.328 e. The lowest BCUT2D eigenvalue weighted by atomic mass is 9.87. The lowest BCUT2D eigenvalue weighted by Gasteiger charge is -2.40. The first-order valence-electron chi connectivity index (χ1n) is 6.70. The molecule has 0 amide bonds. The molecule has 0 bridgehead atoms. The Hall–Kier alpha value is -0.120. The molecule has 1 fully saturated rings. The van der Waals surface area contributed by atoms with Gasteiger partial charge < -0.3 is 14.2 Å². The molecule has 0 heterocycles. The van der Waals surface area contributed by atoms with Crippen LogP contribution in [0.3, 0.4) is 0 Å². The third kappa shape index (κ3) is 3.44. The van der Waals surface area contributed by atoms with Gasteiger partial charge in [0.05, 0.1) is 0 Å². The van der Waals surface area contributed by atoms with E-state index >= 15 is 0 Å². The normalized spacial score (nSPS) is 18.9. The molecule has 3 nitrogen and oxygen atoms in total. The summed E-state index contributed by atoms with van der Waals surface area (Å²) in [6.07, 6.45) is 6.16. The largest absolute Gasteiger partial charge is 0.328 e. The predicted molar refractivity (Wildman–Crippen MR) is 64.2 cm³/mol. The molecule has 3 heteroatoms. The van der Waals surface area contributed by atoms with Gasteiger partial charge in [0.15, 0.2) is 0 Å². The summed E-state index contributed by atoms with van der Waals surface area (Å²) in [6.45, 7) is 7.89. The molecule has 1 aliphatic rings. The van der Waals surface area contributed by atoms with E-state index < -0.39 is 5.97 Å². The lowest BCUT2D eigenvalue weighted by Crippen LogP contribution is -2.47. The molecule has 1 saturated carbocycles. The first kappa shape index (κ1) is 13.9. The van der Waals surface area contributed by atoms with Crippen LogP contribution in [-0.2, 0) is 14.2 Å². The number of hydrogen-bond donors (Lipinski definition) is 0. The van der Waals surface area contributed by atoms with Crippen LogP contribution in [0.15, 0.2) is 0 Å². The van der Waals surface area contributed by atoms with Crippen molar-refractivity contribution in [2.45, 2.75) is 58.8 Å². The van der Waals surface area contributed by atoms with E-state index in [0.29, 0.717) is 25.7 Å². The smallest absolute Gasteiger partial charge is 0.285 e. The maximum Gasteiger partial charge on any atom is 0.285 e. The Morgan fingerprint density at radius 1 is 0.812 bits per heavy atom. The first-order chi connectivity index (χ1) is 7.79. The quantitative estimate of drug-likeness (QED) is 0.628. The van der Waals surface area contributed by atoms with E-state index in [-0.39, 0.29) is 0 Å². The highest BCUT2D eigenvalue weighted by molar-refractivity contribution is 4.75. The maximum atomic E-state index is 5.81. The summed E-state index contributed by atoms with van der Waals surface area (Å²) in [4.78, 5) is 0. The van der Waals surface area contributed by atoms with Crippen LogP contribution in [0.5, 0.6) is 0 Å². The van der Waals surface area contributed by atoms with Crippen molar-refractivity contribution in [2.75, 3.05) is 19.8 Å². The van der Waals surface area contributed by atoms with E-state index in [1.165, 1.54) is 19.3 Å². The molecule has 0 aromatic heterocycles. The molecule has 1 aliphatic carbocycles. The van der Waals surface area contributed by atoms with Gasteiger partial charge in [-0.25, -0.2) is 0 Å². The molecule has 0 N–H and O–H groups in total. The van der Waals surface area contributed by atoms with Crippen molar-refractivity contribution in [3.63, 3.8) is 0 Å². The molecule has 16 heavy (non-hydrogen) atoms. The monoisotopic (exact) mass is 230 g/mol. The minimum absolute atomic E-state index is 0.390. The standard InChI is InChI=1S/C13H26O3/c1-4-14-13(15-5-2,16-6-3)12-10-8-7-9-11-12/h12H,4-11H2,1-3H3. The highest BCUT2D eigenvalue weighted by atomic mass is 16.9. The van der Waals surface area contributed by atoms with Crippen LogP contribution in [0.2, 0.25) is 0 Å². The average Bonchev–Trinajstić information content (AvgIpc) is 2.31. The molecule has 96 valence electrons. The summed E-state index contributed by atoms with van der Waals surface area (Å²) in [5.74, 6) is -0.389. The highest BCUT2D eigenvalue weighted by Gasteiger charge is 2.42. The van der Waals surface area contributed by atoms with Gasteiger partial charge in [-0.2, -0.15) is 0 Å². The van der Waals surface area contributed by atoms with Crippen molar-refractivity contribution in [1.82, 2.24) is 0 Å². The zero-order valence-electron chi connectivity index (χ0n) is 11.0. The van der Waals surface area contributed by atoms with Crippen molar-refractivity contribution in [3.05, 3.63) is 0 Å². The zero-order chi connectivity index (χ0) is 11.9. The van der Waals surface area contributed by atoms with Crippen LogP contribution in [0.25, 0.3) is 0 Å². The van der Waals surface area contributed by atoms with Gasteiger partial charge in [0.25, 0.3) is 5.97 Å². The Morgan fingerprint density at radius 2 is 1.25 bits per heavy atom. The molecule has 0 spiro atoms. The van der Waals surface area contributed by atoms with E-state index in [9.17, 15) is 0 Å². The molecule has 0 aromatic rings. The molecule has 1 rings (SSSR count). The Bertz CT molecular complexity index is 159. The Morgan fingerprint density at radius 3 is 1.62 bits per heavy atom. The van der Waals surface area contributed by atoms with Gasteiger partial charge in [-0.05, 0) is 33.6 Å². The van der Waals surface area contributed by atoms with Gasteiger partial charge in [-0.15, -0.1) is 0 Å². The molecule has 0 saturated heterocycles. The molecule has 0 aromatic carbocycles. The second kappa shape index (κ2) is 7.25. The summed E-state index contributed by atoms with van der Waals surface area (Å²) < 4.78 is 17.4. The van der Waals surface area contributed by atoms with Crippen molar-refractivity contribution in [3.8, 4) is 0 Å². The molecule has 0 radical (unpaired) electrons. The van der Waals surface area contributed by atoms with E-state index in [4.69, 9.17) is 14.2 Å². The van der Waals surface area contributed by atoms with E-state index in [1.807, 2.05) is 20.8 Å². The van der Waals surface area contributed by atoms with Crippen LogP contribution in [0.4, 0.5) is 0 Å². The average molecular weight is 230 g/mol. The van der Waals surface area contributed by atoms with Crippen molar-refractivity contribution in [2.24, 2.45) is 5.92 Å². The van der Waals surface area contributed by atoms with Gasteiger partial charge in [-0.3, -0.25) is 0 Å². The molecule has 0 atom stereocenters. The van der Waals surface area contributed by atoms with E-state index in [2.05, 4.69) is 0 Å². The third-order valence-electron chi connectivity index (χ3n) is 3.14. The van der Waals surface area contributed by atoms with Crippen molar-refractivity contribution >= 4 is 0 Å². The van der Waals surface area contributed by atoms with Crippen molar-refractivity contribution < 1.29 is 14.2 Å². The Labute approximate surface area is 99.5 Å². The minimum atomic E-state index is -0.779. The lowest BCUT2D eigenvalue weighted by molar-refractivity contribution is -0.404. The summed E-state index contributed by atoms with van der Waals surface area (Å²) in [5.41, 5.74) is 0. The van der Waals surface area contributed by atoms with Gasteiger partial charge in [0, 0.05) is 25.7 Å². The summed E-state index contributed by atoms with van der Waals surface area (Å²) in [6, 6.07) is 0. The fraction of sp³-hybridized carbons (Fsp3) is 1.00. The van der Waals surface area contributed by atoms with Crippen LogP contribution in [0, 0.1) is 5.92 Å². The van der Waals surface area contributed by atoms with Crippen LogP contribution >= 0.6 is 0 Å². The highest BCUT2D eigenvalue weighted by Crippen LogP contribution is 2.37. The van der Waals surface area contributed by atoms with Gasteiger partial charge in [0.1, 0.15) is 0 Å².